The lowest BCUT2D eigenvalue weighted by molar-refractivity contribution is -0.126. The average Bonchev–Trinajstić information content (AvgIpc) is 2.48. The van der Waals surface area contributed by atoms with Crippen molar-refractivity contribution in [2.24, 2.45) is 11.8 Å². The molecule has 2 heteroatoms. The summed E-state index contributed by atoms with van der Waals surface area (Å²) in [6, 6.07) is 10.4. The van der Waals surface area contributed by atoms with Crippen LogP contribution in [0.4, 0.5) is 0 Å². The second-order valence-electron chi connectivity index (χ2n) is 6.08. The number of nitrogens with one attached hydrogen (secondary N) is 1. The quantitative estimate of drug-likeness (QED) is 0.797. The number of hydrogen-bond donors (Lipinski definition) is 1. The molecule has 108 valence electrons. The Labute approximate surface area is 122 Å². The molecule has 2 rings (SSSR count). The molecule has 0 fully saturated rings. The Kier molecular flexibility index (Phi) is 5.40. The van der Waals surface area contributed by atoms with Crippen molar-refractivity contribution in [3.63, 3.8) is 0 Å². The van der Waals surface area contributed by atoms with Gasteiger partial charge in [0.05, 0.1) is 6.04 Å². The highest BCUT2D eigenvalue weighted by Crippen LogP contribution is 2.24. The van der Waals surface area contributed by atoms with Crippen molar-refractivity contribution >= 4 is 5.91 Å². The number of carbonyl (C=O) groups is 1. The van der Waals surface area contributed by atoms with Gasteiger partial charge in [-0.2, -0.15) is 0 Å². The summed E-state index contributed by atoms with van der Waals surface area (Å²) in [4.78, 5) is 12.4. The van der Waals surface area contributed by atoms with Crippen molar-refractivity contribution in [3.8, 4) is 0 Å². The van der Waals surface area contributed by atoms with E-state index in [1.807, 2.05) is 18.2 Å². The Hall–Kier alpha value is -1.57. The fourth-order valence-electron chi connectivity index (χ4n) is 2.76. The van der Waals surface area contributed by atoms with E-state index in [0.29, 0.717) is 5.92 Å². The largest absolute Gasteiger partial charge is 0.349 e. The molecule has 1 aliphatic carbocycles. The molecule has 0 heterocycles. The summed E-state index contributed by atoms with van der Waals surface area (Å²) in [5, 5.41) is 3.26. The molecule has 1 N–H and O–H groups in total. The van der Waals surface area contributed by atoms with Gasteiger partial charge in [0.1, 0.15) is 0 Å². The summed E-state index contributed by atoms with van der Waals surface area (Å²) in [6.45, 7) is 4.40. The molecule has 0 aliphatic heterocycles. The van der Waals surface area contributed by atoms with Gasteiger partial charge in [-0.25, -0.2) is 0 Å². The van der Waals surface area contributed by atoms with E-state index in [4.69, 9.17) is 0 Å². The zero-order valence-electron chi connectivity index (χ0n) is 12.5. The van der Waals surface area contributed by atoms with Crippen LogP contribution in [0.3, 0.4) is 0 Å². The molecule has 0 bridgehead atoms. The number of benzene rings is 1. The Balaban J connectivity index is 2.04. The number of allylic oxidation sites excluding steroid dienone is 2. The van der Waals surface area contributed by atoms with Gasteiger partial charge in [0.2, 0.25) is 5.91 Å². The van der Waals surface area contributed by atoms with Crippen molar-refractivity contribution in [2.45, 2.75) is 45.6 Å². The predicted molar refractivity (Wildman–Crippen MR) is 83.3 cm³/mol. The van der Waals surface area contributed by atoms with Crippen molar-refractivity contribution in [3.05, 3.63) is 48.0 Å². The van der Waals surface area contributed by atoms with Crippen LogP contribution >= 0.6 is 0 Å². The van der Waals surface area contributed by atoms with E-state index in [9.17, 15) is 4.79 Å². The second kappa shape index (κ2) is 7.28. The number of rotatable bonds is 5. The van der Waals surface area contributed by atoms with Gasteiger partial charge in [-0.15, -0.1) is 0 Å². The van der Waals surface area contributed by atoms with E-state index in [1.54, 1.807) is 0 Å². The zero-order chi connectivity index (χ0) is 14.4. The molecule has 1 aromatic carbocycles. The number of hydrogen-bond acceptors (Lipinski definition) is 1. The van der Waals surface area contributed by atoms with Gasteiger partial charge >= 0.3 is 0 Å². The summed E-state index contributed by atoms with van der Waals surface area (Å²) in [5.74, 6) is 0.925. The Morgan fingerprint density at radius 2 is 2.00 bits per heavy atom. The van der Waals surface area contributed by atoms with E-state index in [0.717, 1.165) is 25.7 Å². The van der Waals surface area contributed by atoms with Crippen molar-refractivity contribution in [1.82, 2.24) is 5.32 Å². The van der Waals surface area contributed by atoms with Crippen LogP contribution < -0.4 is 5.32 Å². The van der Waals surface area contributed by atoms with Crippen LogP contribution in [0.2, 0.25) is 0 Å². The van der Waals surface area contributed by atoms with Gasteiger partial charge in [-0.05, 0) is 37.2 Å². The molecule has 0 spiro atoms. The first-order chi connectivity index (χ1) is 9.66. The molecule has 20 heavy (non-hydrogen) atoms. The highest BCUT2D eigenvalue weighted by molar-refractivity contribution is 5.79. The average molecular weight is 271 g/mol. The third-order valence-corrected chi connectivity index (χ3v) is 3.87. The van der Waals surface area contributed by atoms with Gasteiger partial charge < -0.3 is 5.32 Å². The fourth-order valence-corrected chi connectivity index (χ4v) is 2.76. The van der Waals surface area contributed by atoms with Crippen molar-refractivity contribution in [2.75, 3.05) is 0 Å². The summed E-state index contributed by atoms with van der Waals surface area (Å²) in [6.07, 6.45) is 8.18. The highest BCUT2D eigenvalue weighted by Gasteiger charge is 2.22. The van der Waals surface area contributed by atoms with Crippen molar-refractivity contribution < 1.29 is 4.79 Å². The third kappa shape index (κ3) is 4.22. The smallest absolute Gasteiger partial charge is 0.223 e. The van der Waals surface area contributed by atoms with E-state index in [2.05, 4.69) is 43.4 Å². The molecule has 0 saturated carbocycles. The molecule has 2 atom stereocenters. The van der Waals surface area contributed by atoms with Gasteiger partial charge in [-0.1, -0.05) is 56.3 Å². The monoisotopic (exact) mass is 271 g/mol. The standard InChI is InChI=1S/C18H25NO/c1-14(2)13-17(15-9-5-3-6-10-15)19-18(20)16-11-7-4-8-12-16/h3-7,9-10,14,16-17H,8,11-13H2,1-2H3,(H,19,20). The van der Waals surface area contributed by atoms with E-state index >= 15 is 0 Å². The van der Waals surface area contributed by atoms with Gasteiger partial charge in [0, 0.05) is 5.92 Å². The Morgan fingerprint density at radius 1 is 1.25 bits per heavy atom. The minimum atomic E-state index is 0.134. The second-order valence-corrected chi connectivity index (χ2v) is 6.08. The van der Waals surface area contributed by atoms with Gasteiger partial charge in [-0.3, -0.25) is 4.79 Å². The molecular formula is C18H25NO. The van der Waals surface area contributed by atoms with E-state index in [1.165, 1.54) is 5.56 Å². The maximum absolute atomic E-state index is 12.4. The maximum atomic E-state index is 12.4. The minimum absolute atomic E-state index is 0.134. The predicted octanol–water partition coefficient (Wildman–Crippen LogP) is 4.25. The van der Waals surface area contributed by atoms with Crippen LogP contribution in [0.25, 0.3) is 0 Å². The maximum Gasteiger partial charge on any atom is 0.223 e. The first-order valence-corrected chi connectivity index (χ1v) is 7.67. The lowest BCUT2D eigenvalue weighted by atomic mass is 9.91. The van der Waals surface area contributed by atoms with E-state index < -0.39 is 0 Å². The normalized spacial score (nSPS) is 19.9. The molecule has 0 aromatic heterocycles. The zero-order valence-corrected chi connectivity index (χ0v) is 12.5. The fraction of sp³-hybridized carbons (Fsp3) is 0.500. The first kappa shape index (κ1) is 14.8. The lowest BCUT2D eigenvalue weighted by Gasteiger charge is -2.25. The van der Waals surface area contributed by atoms with Crippen LogP contribution in [-0.2, 0) is 4.79 Å². The first-order valence-electron chi connectivity index (χ1n) is 7.67. The summed E-state index contributed by atoms with van der Waals surface area (Å²) in [5.41, 5.74) is 1.21. The molecule has 1 amide bonds. The summed E-state index contributed by atoms with van der Waals surface area (Å²) < 4.78 is 0. The molecule has 2 unspecified atom stereocenters. The lowest BCUT2D eigenvalue weighted by Crippen LogP contribution is -2.35. The van der Waals surface area contributed by atoms with E-state index in [-0.39, 0.29) is 17.9 Å². The van der Waals surface area contributed by atoms with Gasteiger partial charge in [0.25, 0.3) is 0 Å². The van der Waals surface area contributed by atoms with Crippen molar-refractivity contribution in [1.29, 1.82) is 0 Å². The van der Waals surface area contributed by atoms with Crippen LogP contribution in [0.15, 0.2) is 42.5 Å². The minimum Gasteiger partial charge on any atom is -0.349 e. The van der Waals surface area contributed by atoms with Crippen LogP contribution in [0.5, 0.6) is 0 Å². The number of carbonyl (C=O) groups excluding carboxylic acids is 1. The molecule has 2 nitrogen and oxygen atoms in total. The number of amides is 1. The SMILES string of the molecule is CC(C)CC(NC(=O)C1CC=CCC1)c1ccccc1. The Morgan fingerprint density at radius 3 is 2.60 bits per heavy atom. The summed E-state index contributed by atoms with van der Waals surface area (Å²) in [7, 11) is 0. The molecule has 0 radical (unpaired) electrons. The van der Waals surface area contributed by atoms with Gasteiger partial charge in [0.15, 0.2) is 0 Å². The Bertz CT molecular complexity index is 450. The summed E-state index contributed by atoms with van der Waals surface area (Å²) >= 11 is 0. The molecular weight excluding hydrogens is 246 g/mol. The molecule has 1 aromatic rings. The molecule has 0 saturated heterocycles. The van der Waals surface area contributed by atoms with Crippen LogP contribution in [0, 0.1) is 11.8 Å². The highest BCUT2D eigenvalue weighted by atomic mass is 16.1. The molecule has 1 aliphatic rings. The van der Waals surface area contributed by atoms with Crippen LogP contribution in [0.1, 0.15) is 51.1 Å². The topological polar surface area (TPSA) is 29.1 Å². The van der Waals surface area contributed by atoms with Crippen LogP contribution in [-0.4, -0.2) is 5.91 Å². The third-order valence-electron chi connectivity index (χ3n) is 3.87.